The molecule has 0 aliphatic carbocycles. The Balaban J connectivity index is 2.05. The van der Waals surface area contributed by atoms with E-state index in [4.69, 9.17) is 4.42 Å². The van der Waals surface area contributed by atoms with Crippen LogP contribution in [0.5, 0.6) is 0 Å². The molecule has 0 fully saturated rings. The number of nitrogens with zero attached hydrogens (tertiary/aromatic N) is 1. The van der Waals surface area contributed by atoms with Crippen LogP contribution in [0.15, 0.2) is 32.8 Å². The van der Waals surface area contributed by atoms with E-state index in [1.807, 2.05) is 19.1 Å². The zero-order chi connectivity index (χ0) is 9.97. The lowest BCUT2D eigenvalue weighted by molar-refractivity contribution is 0.490. The molecule has 2 rings (SSSR count). The first kappa shape index (κ1) is 9.73. The summed E-state index contributed by atoms with van der Waals surface area (Å²) in [5.41, 5.74) is 0. The Morgan fingerprint density at radius 3 is 3.07 bits per heavy atom. The van der Waals surface area contributed by atoms with Crippen molar-refractivity contribution in [2.45, 2.75) is 13.0 Å². The zero-order valence-corrected chi connectivity index (χ0v) is 9.93. The van der Waals surface area contributed by atoms with Gasteiger partial charge in [0, 0.05) is 0 Å². The molecule has 1 atom stereocenters. The molecule has 14 heavy (non-hydrogen) atoms. The van der Waals surface area contributed by atoms with Crippen LogP contribution in [0.1, 0.15) is 18.7 Å². The van der Waals surface area contributed by atoms with Crippen molar-refractivity contribution in [1.29, 1.82) is 0 Å². The van der Waals surface area contributed by atoms with Gasteiger partial charge in [0.25, 0.3) is 0 Å². The highest BCUT2D eigenvalue weighted by Gasteiger charge is 2.09. The van der Waals surface area contributed by atoms with Crippen molar-refractivity contribution in [1.82, 2.24) is 4.98 Å². The molecule has 0 aliphatic rings. The summed E-state index contributed by atoms with van der Waals surface area (Å²) in [7, 11) is 0. The summed E-state index contributed by atoms with van der Waals surface area (Å²) in [6.45, 7) is 2.04. The van der Waals surface area contributed by atoms with Gasteiger partial charge in [-0.3, -0.25) is 0 Å². The highest BCUT2D eigenvalue weighted by atomic mass is 79.9. The Morgan fingerprint density at radius 1 is 1.64 bits per heavy atom. The first-order valence-electron chi connectivity index (χ1n) is 4.17. The van der Waals surface area contributed by atoms with Gasteiger partial charge in [-0.15, -0.1) is 0 Å². The molecule has 0 aromatic carbocycles. The second-order valence-corrected chi connectivity index (χ2v) is 5.26. The van der Waals surface area contributed by atoms with Gasteiger partial charge in [0.15, 0.2) is 5.13 Å². The van der Waals surface area contributed by atoms with Gasteiger partial charge in [0.1, 0.15) is 5.76 Å². The molecule has 2 aromatic heterocycles. The maximum Gasteiger partial charge on any atom is 0.184 e. The van der Waals surface area contributed by atoms with E-state index < -0.39 is 0 Å². The van der Waals surface area contributed by atoms with Gasteiger partial charge in [-0.05, 0) is 35.0 Å². The molecule has 1 N–H and O–H groups in total. The van der Waals surface area contributed by atoms with Crippen LogP contribution in [0.2, 0.25) is 0 Å². The number of halogens is 1. The van der Waals surface area contributed by atoms with Crippen LogP contribution in [-0.2, 0) is 0 Å². The van der Waals surface area contributed by atoms with Gasteiger partial charge < -0.3 is 9.73 Å². The predicted octanol–water partition coefficient (Wildman–Crippen LogP) is 3.67. The Hall–Kier alpha value is -0.810. The van der Waals surface area contributed by atoms with Crippen LogP contribution in [0.4, 0.5) is 5.13 Å². The first-order chi connectivity index (χ1) is 6.75. The molecule has 0 aliphatic heterocycles. The van der Waals surface area contributed by atoms with E-state index in [0.29, 0.717) is 0 Å². The number of aromatic nitrogens is 1. The summed E-state index contributed by atoms with van der Waals surface area (Å²) >= 11 is 4.93. The second-order valence-electron chi connectivity index (χ2n) is 2.85. The molecule has 0 saturated heterocycles. The molecular weight excluding hydrogens is 264 g/mol. The molecule has 0 spiro atoms. The summed E-state index contributed by atoms with van der Waals surface area (Å²) in [4.78, 5) is 4.18. The highest BCUT2D eigenvalue weighted by Crippen LogP contribution is 2.26. The highest BCUT2D eigenvalue weighted by molar-refractivity contribution is 9.11. The first-order valence-corrected chi connectivity index (χ1v) is 5.78. The van der Waals surface area contributed by atoms with Crippen LogP contribution in [0.3, 0.4) is 0 Å². The van der Waals surface area contributed by atoms with Gasteiger partial charge >= 0.3 is 0 Å². The van der Waals surface area contributed by atoms with E-state index in [-0.39, 0.29) is 6.04 Å². The van der Waals surface area contributed by atoms with Crippen LogP contribution >= 0.6 is 27.3 Å². The summed E-state index contributed by atoms with van der Waals surface area (Å²) in [6, 6.07) is 3.97. The topological polar surface area (TPSA) is 38.1 Å². The molecule has 3 nitrogen and oxygen atoms in total. The smallest absolute Gasteiger partial charge is 0.184 e. The Kier molecular flexibility index (Phi) is 2.88. The minimum absolute atomic E-state index is 0.142. The van der Waals surface area contributed by atoms with E-state index in [1.54, 1.807) is 23.8 Å². The SMILES string of the molecule is CC(Nc1ncc(Br)s1)c1ccco1. The minimum Gasteiger partial charge on any atom is -0.467 e. The van der Waals surface area contributed by atoms with Gasteiger partial charge in [0.05, 0.1) is 22.3 Å². The number of nitrogens with one attached hydrogen (secondary N) is 1. The van der Waals surface area contributed by atoms with Crippen molar-refractivity contribution in [3.8, 4) is 0 Å². The summed E-state index contributed by atoms with van der Waals surface area (Å²) in [6.07, 6.45) is 3.45. The van der Waals surface area contributed by atoms with Crippen molar-refractivity contribution in [2.24, 2.45) is 0 Å². The number of anilines is 1. The monoisotopic (exact) mass is 272 g/mol. The predicted molar refractivity (Wildman–Crippen MR) is 60.6 cm³/mol. The third-order valence-corrected chi connectivity index (χ3v) is 3.19. The van der Waals surface area contributed by atoms with Crippen molar-refractivity contribution >= 4 is 32.4 Å². The molecule has 5 heteroatoms. The van der Waals surface area contributed by atoms with E-state index in [1.165, 1.54) is 0 Å². The molecule has 0 amide bonds. The van der Waals surface area contributed by atoms with Crippen LogP contribution < -0.4 is 5.32 Å². The average Bonchev–Trinajstić information content (AvgIpc) is 2.75. The van der Waals surface area contributed by atoms with Gasteiger partial charge in [0.2, 0.25) is 0 Å². The number of rotatable bonds is 3. The van der Waals surface area contributed by atoms with E-state index >= 15 is 0 Å². The quantitative estimate of drug-likeness (QED) is 0.927. The fourth-order valence-corrected chi connectivity index (χ4v) is 2.31. The lowest BCUT2D eigenvalue weighted by atomic mass is 10.3. The normalized spacial score (nSPS) is 12.7. The Bertz CT molecular complexity index is 399. The van der Waals surface area contributed by atoms with Crippen LogP contribution in [-0.4, -0.2) is 4.98 Å². The lowest BCUT2D eigenvalue weighted by Gasteiger charge is -2.08. The molecule has 74 valence electrons. The van der Waals surface area contributed by atoms with Crippen LogP contribution in [0, 0.1) is 0 Å². The van der Waals surface area contributed by atoms with E-state index in [2.05, 4.69) is 26.2 Å². The maximum absolute atomic E-state index is 5.28. The fourth-order valence-electron chi connectivity index (χ4n) is 1.12. The van der Waals surface area contributed by atoms with Crippen LogP contribution in [0.25, 0.3) is 0 Å². The third-order valence-electron chi connectivity index (χ3n) is 1.79. The van der Waals surface area contributed by atoms with E-state index in [0.717, 1.165) is 14.7 Å². The molecule has 2 aromatic rings. The molecule has 0 radical (unpaired) electrons. The number of thiazole rings is 1. The van der Waals surface area contributed by atoms with Crippen molar-refractivity contribution in [3.63, 3.8) is 0 Å². The summed E-state index contributed by atoms with van der Waals surface area (Å²) in [5, 5.41) is 4.14. The number of hydrogen-bond donors (Lipinski definition) is 1. The van der Waals surface area contributed by atoms with Crippen molar-refractivity contribution in [2.75, 3.05) is 5.32 Å². The molecule has 0 bridgehead atoms. The Morgan fingerprint density at radius 2 is 2.50 bits per heavy atom. The second kappa shape index (κ2) is 4.14. The van der Waals surface area contributed by atoms with Crippen molar-refractivity contribution < 1.29 is 4.42 Å². The maximum atomic E-state index is 5.28. The molecular formula is C9H9BrN2OS. The van der Waals surface area contributed by atoms with Gasteiger partial charge in [-0.25, -0.2) is 4.98 Å². The lowest BCUT2D eigenvalue weighted by Crippen LogP contribution is -2.04. The summed E-state index contributed by atoms with van der Waals surface area (Å²) < 4.78 is 6.30. The fraction of sp³-hybridized carbons (Fsp3) is 0.222. The molecule has 2 heterocycles. The van der Waals surface area contributed by atoms with Gasteiger partial charge in [-0.2, -0.15) is 0 Å². The molecule has 0 saturated carbocycles. The van der Waals surface area contributed by atoms with Crippen molar-refractivity contribution in [3.05, 3.63) is 34.1 Å². The van der Waals surface area contributed by atoms with Gasteiger partial charge in [-0.1, -0.05) is 11.3 Å². The molecule has 1 unspecified atom stereocenters. The average molecular weight is 273 g/mol. The van der Waals surface area contributed by atoms with E-state index in [9.17, 15) is 0 Å². The number of furan rings is 1. The number of hydrogen-bond acceptors (Lipinski definition) is 4. The zero-order valence-electron chi connectivity index (χ0n) is 7.53. The largest absolute Gasteiger partial charge is 0.467 e. The Labute approximate surface area is 94.3 Å². The third kappa shape index (κ3) is 2.16. The minimum atomic E-state index is 0.142. The standard InChI is InChI=1S/C9H9BrN2OS/c1-6(7-3-2-4-13-7)12-9-11-5-8(10)14-9/h2-6H,1H3,(H,11,12). The summed E-state index contributed by atoms with van der Waals surface area (Å²) in [5.74, 6) is 0.913.